The molecule has 0 saturated heterocycles. The van der Waals surface area contributed by atoms with Gasteiger partial charge >= 0.3 is 0 Å². The van der Waals surface area contributed by atoms with Crippen LogP contribution in [-0.2, 0) is 11.3 Å². The van der Waals surface area contributed by atoms with Crippen LogP contribution in [-0.4, -0.2) is 42.1 Å². The fourth-order valence-corrected chi connectivity index (χ4v) is 3.08. The summed E-state index contributed by atoms with van der Waals surface area (Å²) in [4.78, 5) is 31.1. The SMILES string of the molecule is CN1CCc2ccccc2C1CONC(=O)c1ccc(C(=O)NO)cc1. The molecule has 1 atom stereocenters. The Balaban J connectivity index is 1.58. The minimum Gasteiger partial charge on any atom is -0.297 e. The minimum atomic E-state index is -0.632. The molecule has 2 aromatic carbocycles. The van der Waals surface area contributed by atoms with Crippen LogP contribution in [0, 0.1) is 0 Å². The second-order valence-corrected chi connectivity index (χ2v) is 6.21. The van der Waals surface area contributed by atoms with Crippen LogP contribution in [0.4, 0.5) is 0 Å². The maximum Gasteiger partial charge on any atom is 0.274 e. The van der Waals surface area contributed by atoms with Crippen molar-refractivity contribution < 1.29 is 19.6 Å². The van der Waals surface area contributed by atoms with Gasteiger partial charge < -0.3 is 0 Å². The molecule has 0 spiro atoms. The van der Waals surface area contributed by atoms with Crippen molar-refractivity contribution in [1.82, 2.24) is 15.9 Å². The van der Waals surface area contributed by atoms with Crippen LogP contribution < -0.4 is 11.0 Å². The van der Waals surface area contributed by atoms with Gasteiger partial charge in [-0.25, -0.2) is 11.0 Å². The summed E-state index contributed by atoms with van der Waals surface area (Å²) in [5.74, 6) is -1.03. The van der Waals surface area contributed by atoms with Gasteiger partial charge in [0.05, 0.1) is 12.6 Å². The van der Waals surface area contributed by atoms with Gasteiger partial charge in [0.15, 0.2) is 0 Å². The van der Waals surface area contributed by atoms with Crippen molar-refractivity contribution in [2.45, 2.75) is 12.5 Å². The molecular weight excluding hydrogens is 334 g/mol. The van der Waals surface area contributed by atoms with Gasteiger partial charge in [-0.3, -0.25) is 24.5 Å². The summed E-state index contributed by atoms with van der Waals surface area (Å²) in [6.45, 7) is 1.28. The van der Waals surface area contributed by atoms with E-state index in [1.54, 1.807) is 5.48 Å². The number of hydrogen-bond acceptors (Lipinski definition) is 5. The first-order valence-electron chi connectivity index (χ1n) is 8.35. The summed E-state index contributed by atoms with van der Waals surface area (Å²) in [5, 5.41) is 8.60. The number of fused-ring (bicyclic) bond motifs is 1. The predicted octanol–water partition coefficient (Wildman–Crippen LogP) is 1.70. The molecule has 7 nitrogen and oxygen atoms in total. The summed E-state index contributed by atoms with van der Waals surface area (Å²) in [6, 6.07) is 14.2. The molecule has 1 aliphatic heterocycles. The molecule has 0 fully saturated rings. The van der Waals surface area contributed by atoms with Crippen molar-refractivity contribution in [2.75, 3.05) is 20.2 Å². The van der Waals surface area contributed by atoms with Crippen LogP contribution in [0.5, 0.6) is 0 Å². The number of nitrogens with one attached hydrogen (secondary N) is 2. The van der Waals surface area contributed by atoms with Gasteiger partial charge in [-0.15, -0.1) is 0 Å². The van der Waals surface area contributed by atoms with E-state index < -0.39 is 11.8 Å². The van der Waals surface area contributed by atoms with Gasteiger partial charge in [-0.2, -0.15) is 0 Å². The molecule has 7 heteroatoms. The number of hydrogen-bond donors (Lipinski definition) is 3. The largest absolute Gasteiger partial charge is 0.297 e. The molecule has 0 radical (unpaired) electrons. The van der Waals surface area contributed by atoms with Crippen LogP contribution in [0.25, 0.3) is 0 Å². The van der Waals surface area contributed by atoms with Crippen molar-refractivity contribution in [3.63, 3.8) is 0 Å². The smallest absolute Gasteiger partial charge is 0.274 e. The lowest BCUT2D eigenvalue weighted by Gasteiger charge is -2.34. The summed E-state index contributed by atoms with van der Waals surface area (Å²) >= 11 is 0. The maximum atomic E-state index is 12.2. The Morgan fingerprint density at radius 2 is 1.77 bits per heavy atom. The number of hydroxylamine groups is 2. The highest BCUT2D eigenvalue weighted by molar-refractivity contribution is 5.97. The monoisotopic (exact) mass is 355 g/mol. The highest BCUT2D eigenvalue weighted by atomic mass is 16.7. The molecule has 1 aliphatic rings. The predicted molar refractivity (Wildman–Crippen MR) is 94.6 cm³/mol. The molecule has 136 valence electrons. The van der Waals surface area contributed by atoms with Crippen LogP contribution in [0.1, 0.15) is 37.9 Å². The molecule has 1 heterocycles. The van der Waals surface area contributed by atoms with Gasteiger partial charge in [-0.1, -0.05) is 24.3 Å². The molecule has 2 amide bonds. The van der Waals surface area contributed by atoms with Crippen molar-refractivity contribution >= 4 is 11.8 Å². The van der Waals surface area contributed by atoms with Crippen LogP contribution >= 0.6 is 0 Å². The number of likely N-dealkylation sites (N-methyl/N-ethyl adjacent to an activating group) is 1. The first kappa shape index (κ1) is 18.1. The number of carbonyl (C=O) groups is 2. The third-order valence-corrected chi connectivity index (χ3v) is 4.60. The Labute approximate surface area is 151 Å². The van der Waals surface area contributed by atoms with Gasteiger partial charge in [0.1, 0.15) is 0 Å². The molecule has 3 rings (SSSR count). The van der Waals surface area contributed by atoms with Crippen molar-refractivity contribution in [1.29, 1.82) is 0 Å². The fourth-order valence-electron chi connectivity index (χ4n) is 3.08. The molecule has 3 N–H and O–H groups in total. The zero-order valence-corrected chi connectivity index (χ0v) is 14.4. The van der Waals surface area contributed by atoms with E-state index in [0.29, 0.717) is 12.2 Å². The number of rotatable bonds is 5. The molecular formula is C19H21N3O4. The van der Waals surface area contributed by atoms with Gasteiger partial charge in [0.2, 0.25) is 0 Å². The van der Waals surface area contributed by atoms with E-state index in [-0.39, 0.29) is 11.6 Å². The third kappa shape index (κ3) is 3.91. The first-order valence-corrected chi connectivity index (χ1v) is 8.35. The molecule has 0 aliphatic carbocycles. The second-order valence-electron chi connectivity index (χ2n) is 6.21. The lowest BCUT2D eigenvalue weighted by atomic mass is 9.93. The average molecular weight is 355 g/mol. The summed E-state index contributed by atoms with van der Waals surface area (Å²) in [7, 11) is 2.04. The zero-order chi connectivity index (χ0) is 18.5. The van der Waals surface area contributed by atoms with Crippen LogP contribution in [0.15, 0.2) is 48.5 Å². The molecule has 0 saturated carbocycles. The zero-order valence-electron chi connectivity index (χ0n) is 14.4. The number of nitrogens with zero attached hydrogens (tertiary/aromatic N) is 1. The summed E-state index contributed by atoms with van der Waals surface area (Å²) in [5.41, 5.74) is 7.13. The Hall–Kier alpha value is -2.74. The number of benzene rings is 2. The Bertz CT molecular complexity index is 792. The van der Waals surface area contributed by atoms with E-state index in [0.717, 1.165) is 13.0 Å². The van der Waals surface area contributed by atoms with E-state index in [1.165, 1.54) is 35.4 Å². The van der Waals surface area contributed by atoms with Crippen LogP contribution in [0.2, 0.25) is 0 Å². The molecule has 1 unspecified atom stereocenters. The van der Waals surface area contributed by atoms with E-state index in [1.807, 2.05) is 19.2 Å². The molecule has 26 heavy (non-hydrogen) atoms. The van der Waals surface area contributed by atoms with Crippen molar-refractivity contribution in [3.05, 3.63) is 70.8 Å². The number of carbonyl (C=O) groups excluding carboxylic acids is 2. The highest BCUT2D eigenvalue weighted by Crippen LogP contribution is 2.28. The fraction of sp³-hybridized carbons (Fsp3) is 0.263. The minimum absolute atomic E-state index is 0.0795. The Morgan fingerprint density at radius 3 is 2.46 bits per heavy atom. The normalized spacial score (nSPS) is 16.6. The summed E-state index contributed by atoms with van der Waals surface area (Å²) in [6.07, 6.45) is 1.00. The van der Waals surface area contributed by atoms with Crippen LogP contribution in [0.3, 0.4) is 0 Å². The maximum absolute atomic E-state index is 12.2. The third-order valence-electron chi connectivity index (χ3n) is 4.60. The topological polar surface area (TPSA) is 90.9 Å². The van der Waals surface area contributed by atoms with E-state index >= 15 is 0 Å². The van der Waals surface area contributed by atoms with Crippen molar-refractivity contribution in [2.24, 2.45) is 0 Å². The Morgan fingerprint density at radius 1 is 1.12 bits per heavy atom. The lowest BCUT2D eigenvalue weighted by molar-refractivity contribution is 0.00322. The first-order chi connectivity index (χ1) is 12.6. The average Bonchev–Trinajstić information content (AvgIpc) is 2.69. The summed E-state index contributed by atoms with van der Waals surface area (Å²) < 4.78 is 0. The molecule has 0 bridgehead atoms. The van der Waals surface area contributed by atoms with E-state index in [2.05, 4.69) is 22.5 Å². The van der Waals surface area contributed by atoms with Gasteiger partial charge in [0, 0.05) is 17.7 Å². The molecule has 0 aromatic heterocycles. The second kappa shape index (κ2) is 8.09. The highest BCUT2D eigenvalue weighted by Gasteiger charge is 2.24. The van der Waals surface area contributed by atoms with Gasteiger partial charge in [-0.05, 0) is 48.9 Å². The number of amides is 2. The van der Waals surface area contributed by atoms with E-state index in [4.69, 9.17) is 10.0 Å². The standard InChI is InChI=1S/C19H21N3O4/c1-22-11-10-13-4-2-3-5-16(13)17(22)12-26-21-19(24)15-8-6-14(7-9-15)18(23)20-25/h2-9,17,25H,10-12H2,1H3,(H,20,23)(H,21,24). The Kier molecular flexibility index (Phi) is 5.62. The van der Waals surface area contributed by atoms with Crippen molar-refractivity contribution in [3.8, 4) is 0 Å². The van der Waals surface area contributed by atoms with E-state index in [9.17, 15) is 9.59 Å². The quantitative estimate of drug-likeness (QED) is 0.561. The lowest BCUT2D eigenvalue weighted by Crippen LogP contribution is -2.37. The molecule has 2 aromatic rings. The van der Waals surface area contributed by atoms with Gasteiger partial charge in [0.25, 0.3) is 11.8 Å².